The Hall–Kier alpha value is -2.91. The fraction of sp³-hybridized carbons (Fsp3) is 0.593. The molecule has 198 valence electrons. The van der Waals surface area contributed by atoms with Crippen LogP contribution in [0.15, 0.2) is 23.8 Å². The van der Waals surface area contributed by atoms with Crippen LogP contribution in [0.5, 0.6) is 11.5 Å². The lowest BCUT2D eigenvalue weighted by Gasteiger charge is -2.41. The van der Waals surface area contributed by atoms with Crippen molar-refractivity contribution in [3.63, 3.8) is 0 Å². The summed E-state index contributed by atoms with van der Waals surface area (Å²) in [6.07, 6.45) is 1.39. The molecule has 0 saturated carbocycles. The third-order valence-electron chi connectivity index (χ3n) is 6.62. The molecule has 1 aliphatic carbocycles. The molecule has 9 heteroatoms. The van der Waals surface area contributed by atoms with Crippen LogP contribution in [0, 0.1) is 11.8 Å². The summed E-state index contributed by atoms with van der Waals surface area (Å²) in [5, 5.41) is 23.5. The molecule has 9 nitrogen and oxygen atoms in total. The SMILES string of the molecule is COc1cc(C=O)cc2c1O[C@@H]1[C@@H](O)[C@H](N(CCC(C)C)C(=O)CC(C)C)C=C(C(=O)NCCO)[C@H]21. The summed E-state index contributed by atoms with van der Waals surface area (Å²) >= 11 is 0. The molecule has 2 aliphatic rings. The highest BCUT2D eigenvalue weighted by molar-refractivity contribution is 5.96. The second-order valence-electron chi connectivity index (χ2n) is 10.3. The van der Waals surface area contributed by atoms with Crippen molar-refractivity contribution in [3.8, 4) is 11.5 Å². The van der Waals surface area contributed by atoms with Gasteiger partial charge in [0.2, 0.25) is 11.8 Å². The van der Waals surface area contributed by atoms with E-state index in [9.17, 15) is 24.6 Å². The van der Waals surface area contributed by atoms with Gasteiger partial charge in [0.1, 0.15) is 18.5 Å². The lowest BCUT2D eigenvalue weighted by molar-refractivity contribution is -0.138. The summed E-state index contributed by atoms with van der Waals surface area (Å²) in [6, 6.07) is 2.40. The van der Waals surface area contributed by atoms with Crippen molar-refractivity contribution in [1.82, 2.24) is 10.2 Å². The third kappa shape index (κ3) is 5.73. The molecule has 1 heterocycles. The number of nitrogens with zero attached hydrogens (tertiary/aromatic N) is 1. The van der Waals surface area contributed by atoms with Crippen LogP contribution in [0.2, 0.25) is 0 Å². The number of ether oxygens (including phenoxy) is 2. The van der Waals surface area contributed by atoms with Crippen LogP contribution in [-0.2, 0) is 9.59 Å². The molecule has 36 heavy (non-hydrogen) atoms. The van der Waals surface area contributed by atoms with Gasteiger partial charge in [-0.2, -0.15) is 0 Å². The Bertz CT molecular complexity index is 1000. The lowest BCUT2D eigenvalue weighted by Crippen LogP contribution is -2.56. The van der Waals surface area contributed by atoms with Crippen molar-refractivity contribution in [2.45, 2.75) is 64.7 Å². The van der Waals surface area contributed by atoms with Gasteiger partial charge >= 0.3 is 0 Å². The van der Waals surface area contributed by atoms with E-state index in [4.69, 9.17) is 9.47 Å². The minimum absolute atomic E-state index is 0.0511. The standard InChI is InChI=1S/C27H38N2O7/c1-15(2)6-8-29(22(32)10-16(3)4)20-13-19(27(34)28-7-9-30)23-18-11-17(14-31)12-21(35-5)25(18)36-26(23)24(20)33/h11-16,20,23-24,26,30,33H,6-10H2,1-5H3,(H,28,34)/t20-,23+,24+,26+/m1/s1. The lowest BCUT2D eigenvalue weighted by atomic mass is 9.77. The predicted octanol–water partition coefficient (Wildman–Crippen LogP) is 2.05. The largest absolute Gasteiger partial charge is 0.493 e. The Labute approximate surface area is 212 Å². The molecule has 4 atom stereocenters. The minimum atomic E-state index is -1.12. The van der Waals surface area contributed by atoms with E-state index in [-0.39, 0.29) is 25.0 Å². The zero-order valence-electron chi connectivity index (χ0n) is 21.7. The van der Waals surface area contributed by atoms with Crippen molar-refractivity contribution in [2.24, 2.45) is 11.8 Å². The first-order valence-corrected chi connectivity index (χ1v) is 12.5. The number of hydrogen-bond donors (Lipinski definition) is 3. The molecule has 3 rings (SSSR count). The van der Waals surface area contributed by atoms with Gasteiger partial charge < -0.3 is 29.9 Å². The van der Waals surface area contributed by atoms with Crippen LogP contribution in [0.1, 0.15) is 62.4 Å². The Balaban J connectivity index is 2.11. The third-order valence-corrected chi connectivity index (χ3v) is 6.62. The number of benzene rings is 1. The quantitative estimate of drug-likeness (QED) is 0.396. The Morgan fingerprint density at radius 2 is 1.94 bits per heavy atom. The van der Waals surface area contributed by atoms with Crippen molar-refractivity contribution >= 4 is 18.1 Å². The maximum absolute atomic E-state index is 13.3. The highest BCUT2D eigenvalue weighted by Crippen LogP contribution is 2.51. The molecule has 1 aliphatic heterocycles. The second kappa shape index (κ2) is 11.9. The molecule has 0 unspecified atom stereocenters. The van der Waals surface area contributed by atoms with Gasteiger partial charge in [-0.3, -0.25) is 14.4 Å². The monoisotopic (exact) mass is 502 g/mol. The van der Waals surface area contributed by atoms with Gasteiger partial charge in [0, 0.05) is 36.2 Å². The average molecular weight is 503 g/mol. The smallest absolute Gasteiger partial charge is 0.247 e. The topological polar surface area (TPSA) is 125 Å². The number of aliphatic hydroxyl groups is 2. The number of nitrogens with one attached hydrogen (secondary N) is 1. The number of carbonyl (C=O) groups excluding carboxylic acids is 3. The fourth-order valence-electron chi connectivity index (χ4n) is 4.86. The first-order valence-electron chi connectivity index (χ1n) is 12.5. The first kappa shape index (κ1) is 27.7. The number of rotatable bonds is 11. The summed E-state index contributed by atoms with van der Waals surface area (Å²) in [7, 11) is 1.46. The number of methoxy groups -OCH3 is 1. The molecule has 0 fully saturated rings. The summed E-state index contributed by atoms with van der Waals surface area (Å²) in [4.78, 5) is 39.8. The number of fused-ring (bicyclic) bond motifs is 3. The Morgan fingerprint density at radius 1 is 1.22 bits per heavy atom. The van der Waals surface area contributed by atoms with Gasteiger partial charge in [-0.1, -0.05) is 27.7 Å². The molecular weight excluding hydrogens is 464 g/mol. The maximum atomic E-state index is 13.3. The van der Waals surface area contributed by atoms with E-state index in [1.807, 2.05) is 13.8 Å². The van der Waals surface area contributed by atoms with E-state index in [1.54, 1.807) is 23.1 Å². The fourth-order valence-corrected chi connectivity index (χ4v) is 4.86. The highest BCUT2D eigenvalue weighted by atomic mass is 16.5. The van der Waals surface area contributed by atoms with Crippen LogP contribution in [0.4, 0.5) is 0 Å². The van der Waals surface area contributed by atoms with Gasteiger partial charge in [-0.15, -0.1) is 0 Å². The number of aldehydes is 1. The molecule has 0 bridgehead atoms. The highest BCUT2D eigenvalue weighted by Gasteiger charge is 2.51. The summed E-state index contributed by atoms with van der Waals surface area (Å²) in [5.74, 6) is -0.0509. The van der Waals surface area contributed by atoms with E-state index in [0.717, 1.165) is 6.42 Å². The van der Waals surface area contributed by atoms with E-state index in [0.29, 0.717) is 53.4 Å². The van der Waals surface area contributed by atoms with Gasteiger partial charge in [-0.25, -0.2) is 0 Å². The normalized spacial score (nSPS) is 22.4. The number of hydrogen-bond acceptors (Lipinski definition) is 7. The van der Waals surface area contributed by atoms with E-state index in [2.05, 4.69) is 19.2 Å². The van der Waals surface area contributed by atoms with Crippen molar-refractivity contribution < 1.29 is 34.1 Å². The van der Waals surface area contributed by atoms with Gasteiger partial charge in [0.15, 0.2) is 11.5 Å². The molecule has 0 aromatic heterocycles. The molecule has 0 radical (unpaired) electrons. The zero-order chi connectivity index (χ0) is 26.6. The van der Waals surface area contributed by atoms with Crippen LogP contribution >= 0.6 is 0 Å². The van der Waals surface area contributed by atoms with E-state index < -0.39 is 30.1 Å². The van der Waals surface area contributed by atoms with Crippen LogP contribution in [0.25, 0.3) is 0 Å². The number of carbonyl (C=O) groups is 3. The number of amides is 2. The van der Waals surface area contributed by atoms with Crippen molar-refractivity contribution in [1.29, 1.82) is 0 Å². The molecular formula is C27H38N2O7. The zero-order valence-corrected chi connectivity index (χ0v) is 21.7. The van der Waals surface area contributed by atoms with Crippen LogP contribution < -0.4 is 14.8 Å². The van der Waals surface area contributed by atoms with Crippen LogP contribution in [-0.4, -0.2) is 78.3 Å². The Morgan fingerprint density at radius 3 is 2.53 bits per heavy atom. The molecule has 1 aromatic rings. The van der Waals surface area contributed by atoms with Gasteiger partial charge in [0.05, 0.1) is 25.7 Å². The predicted molar refractivity (Wildman–Crippen MR) is 134 cm³/mol. The number of aliphatic hydroxyl groups excluding tert-OH is 2. The average Bonchev–Trinajstić information content (AvgIpc) is 3.22. The molecule has 0 spiro atoms. The van der Waals surface area contributed by atoms with Gasteiger partial charge in [0.25, 0.3) is 0 Å². The summed E-state index contributed by atoms with van der Waals surface area (Å²) in [6.45, 7) is 8.30. The molecule has 2 amide bonds. The minimum Gasteiger partial charge on any atom is -0.493 e. The molecule has 3 N–H and O–H groups in total. The van der Waals surface area contributed by atoms with Crippen molar-refractivity contribution in [2.75, 3.05) is 26.8 Å². The van der Waals surface area contributed by atoms with Gasteiger partial charge in [-0.05, 0) is 36.5 Å². The first-order chi connectivity index (χ1) is 17.1. The summed E-state index contributed by atoms with van der Waals surface area (Å²) in [5.41, 5.74) is 1.23. The van der Waals surface area contributed by atoms with Crippen LogP contribution in [0.3, 0.4) is 0 Å². The van der Waals surface area contributed by atoms with E-state index in [1.165, 1.54) is 7.11 Å². The van der Waals surface area contributed by atoms with E-state index >= 15 is 0 Å². The molecule has 1 aromatic carbocycles. The molecule has 0 saturated heterocycles. The summed E-state index contributed by atoms with van der Waals surface area (Å²) < 4.78 is 11.6. The second-order valence-corrected chi connectivity index (χ2v) is 10.3. The van der Waals surface area contributed by atoms with Crippen molar-refractivity contribution in [3.05, 3.63) is 34.9 Å². The maximum Gasteiger partial charge on any atom is 0.247 e. The Kier molecular flexibility index (Phi) is 9.13.